The molecule has 2 fully saturated rings. The molecule has 104 valence electrons. The number of carbonyl (C=O) groups is 1. The van der Waals surface area contributed by atoms with Crippen molar-refractivity contribution in [2.24, 2.45) is 5.41 Å². The summed E-state index contributed by atoms with van der Waals surface area (Å²) in [5.74, 6) is 0.234. The van der Waals surface area contributed by atoms with E-state index in [4.69, 9.17) is 4.43 Å². The Balaban J connectivity index is 2.19. The lowest BCUT2D eigenvalue weighted by Crippen LogP contribution is -2.48. The summed E-state index contributed by atoms with van der Waals surface area (Å²) in [4.78, 5) is 12.1. The minimum atomic E-state index is -1.80. The fraction of sp³-hybridized carbons (Fsp3) is 0.929. The van der Waals surface area contributed by atoms with Crippen LogP contribution < -0.4 is 5.32 Å². The lowest BCUT2D eigenvalue weighted by molar-refractivity contribution is -0.124. The molecule has 1 heterocycles. The van der Waals surface area contributed by atoms with Crippen LogP contribution in [0.15, 0.2) is 0 Å². The van der Waals surface area contributed by atoms with Gasteiger partial charge in [0.1, 0.15) is 0 Å². The third kappa shape index (κ3) is 2.03. The van der Waals surface area contributed by atoms with E-state index in [9.17, 15) is 4.79 Å². The first-order valence-corrected chi connectivity index (χ1v) is 10.0. The number of amides is 1. The Bertz CT molecular complexity index is 355. The third-order valence-corrected chi connectivity index (χ3v) is 9.59. The molecule has 4 heteroatoms. The summed E-state index contributed by atoms with van der Waals surface area (Å²) < 4.78 is 6.57. The second-order valence-corrected chi connectivity index (χ2v) is 12.2. The first kappa shape index (κ1) is 14.1. The van der Waals surface area contributed by atoms with Crippen LogP contribution in [0.1, 0.15) is 47.0 Å². The van der Waals surface area contributed by atoms with Crippen molar-refractivity contribution in [3.05, 3.63) is 0 Å². The normalized spacial score (nSPS) is 30.7. The zero-order valence-corrected chi connectivity index (χ0v) is 13.6. The number of nitrogens with one attached hydrogen (secondary N) is 1. The summed E-state index contributed by atoms with van der Waals surface area (Å²) in [6.45, 7) is 13.4. The van der Waals surface area contributed by atoms with Gasteiger partial charge in [-0.05, 0) is 37.4 Å². The van der Waals surface area contributed by atoms with Crippen molar-refractivity contribution in [3.63, 3.8) is 0 Å². The van der Waals surface area contributed by atoms with Crippen LogP contribution in [0.5, 0.6) is 0 Å². The average molecular weight is 269 g/mol. The maximum atomic E-state index is 12.1. The van der Waals surface area contributed by atoms with Crippen molar-refractivity contribution >= 4 is 14.2 Å². The molecule has 1 saturated carbocycles. The Kier molecular flexibility index (Phi) is 3.18. The first-order valence-electron chi connectivity index (χ1n) is 7.13. The highest BCUT2D eigenvalue weighted by Crippen LogP contribution is 2.56. The molecule has 2 aliphatic rings. The van der Waals surface area contributed by atoms with Crippen LogP contribution in [0.4, 0.5) is 0 Å². The molecule has 0 radical (unpaired) electrons. The summed E-state index contributed by atoms with van der Waals surface area (Å²) >= 11 is 0. The summed E-state index contributed by atoms with van der Waals surface area (Å²) in [6.07, 6.45) is 3.09. The monoisotopic (exact) mass is 269 g/mol. The van der Waals surface area contributed by atoms with Crippen molar-refractivity contribution in [2.75, 3.05) is 0 Å². The Morgan fingerprint density at radius 3 is 2.33 bits per heavy atom. The molecule has 1 aliphatic heterocycles. The van der Waals surface area contributed by atoms with Crippen LogP contribution in [0, 0.1) is 5.41 Å². The molecule has 2 atom stereocenters. The summed E-state index contributed by atoms with van der Waals surface area (Å²) in [5.41, 5.74) is -0.170. The van der Waals surface area contributed by atoms with Crippen molar-refractivity contribution in [3.8, 4) is 0 Å². The SMILES string of the molecule is CC[C@@H]1NC(=O)C2(CC2)[C@@H]1O[Si](C)(C)C(C)(C)C. The van der Waals surface area contributed by atoms with Crippen molar-refractivity contribution in [2.45, 2.75) is 77.2 Å². The Morgan fingerprint density at radius 2 is 1.94 bits per heavy atom. The predicted molar refractivity (Wildman–Crippen MR) is 76.0 cm³/mol. The lowest BCUT2D eigenvalue weighted by atomic mass is 9.97. The molecule has 18 heavy (non-hydrogen) atoms. The quantitative estimate of drug-likeness (QED) is 0.800. The van der Waals surface area contributed by atoms with Crippen LogP contribution in [-0.4, -0.2) is 26.4 Å². The van der Waals surface area contributed by atoms with E-state index >= 15 is 0 Å². The van der Waals surface area contributed by atoms with Gasteiger partial charge in [0.15, 0.2) is 8.32 Å². The summed E-state index contributed by atoms with van der Waals surface area (Å²) in [7, 11) is -1.80. The van der Waals surface area contributed by atoms with Crippen LogP contribution in [0.2, 0.25) is 18.1 Å². The number of hydrogen-bond donors (Lipinski definition) is 1. The van der Waals surface area contributed by atoms with Crippen LogP contribution in [-0.2, 0) is 9.22 Å². The Morgan fingerprint density at radius 1 is 1.39 bits per heavy atom. The number of hydrogen-bond acceptors (Lipinski definition) is 2. The zero-order chi connectivity index (χ0) is 13.8. The minimum Gasteiger partial charge on any atom is -0.411 e. The molecule has 0 aromatic heterocycles. The summed E-state index contributed by atoms with van der Waals surface area (Å²) in [6, 6.07) is 0.217. The average Bonchev–Trinajstić information content (AvgIpc) is 2.97. The largest absolute Gasteiger partial charge is 0.411 e. The van der Waals surface area contributed by atoms with Gasteiger partial charge in [-0.2, -0.15) is 0 Å². The van der Waals surface area contributed by atoms with Crippen molar-refractivity contribution < 1.29 is 9.22 Å². The van der Waals surface area contributed by atoms with Gasteiger partial charge in [0.05, 0.1) is 17.6 Å². The molecule has 0 unspecified atom stereocenters. The van der Waals surface area contributed by atoms with Gasteiger partial charge in [-0.1, -0.05) is 27.7 Å². The van der Waals surface area contributed by atoms with E-state index in [2.05, 4.69) is 46.1 Å². The highest BCUT2D eigenvalue weighted by Gasteiger charge is 2.64. The van der Waals surface area contributed by atoms with Crippen molar-refractivity contribution in [1.29, 1.82) is 0 Å². The Labute approximate surface area is 112 Å². The topological polar surface area (TPSA) is 38.3 Å². The van der Waals surface area contributed by atoms with Crippen LogP contribution in [0.25, 0.3) is 0 Å². The van der Waals surface area contributed by atoms with Gasteiger partial charge in [-0.3, -0.25) is 4.79 Å². The first-order chi connectivity index (χ1) is 8.14. The number of rotatable bonds is 3. The second-order valence-electron chi connectivity index (χ2n) is 7.44. The Hall–Kier alpha value is -0.353. The molecule has 1 amide bonds. The highest BCUT2D eigenvalue weighted by atomic mass is 28.4. The molecule has 1 N–H and O–H groups in total. The molecule has 1 spiro atoms. The lowest BCUT2D eigenvalue weighted by Gasteiger charge is -2.40. The van der Waals surface area contributed by atoms with E-state index in [1.807, 2.05) is 0 Å². The van der Waals surface area contributed by atoms with E-state index in [1.165, 1.54) is 0 Å². The molecule has 1 aliphatic carbocycles. The maximum absolute atomic E-state index is 12.1. The van der Waals surface area contributed by atoms with E-state index in [0.29, 0.717) is 0 Å². The van der Waals surface area contributed by atoms with Gasteiger partial charge in [-0.25, -0.2) is 0 Å². The maximum Gasteiger partial charge on any atom is 0.229 e. The van der Waals surface area contributed by atoms with Gasteiger partial charge in [0.25, 0.3) is 0 Å². The molecule has 2 rings (SSSR count). The smallest absolute Gasteiger partial charge is 0.229 e. The minimum absolute atomic E-state index is 0.107. The predicted octanol–water partition coefficient (Wildman–Crippen LogP) is 3.07. The van der Waals surface area contributed by atoms with Gasteiger partial charge < -0.3 is 9.74 Å². The highest BCUT2D eigenvalue weighted by molar-refractivity contribution is 6.74. The van der Waals surface area contributed by atoms with Crippen molar-refractivity contribution in [1.82, 2.24) is 5.32 Å². The van der Waals surface area contributed by atoms with E-state index in [0.717, 1.165) is 19.3 Å². The van der Waals surface area contributed by atoms with Crippen LogP contribution >= 0.6 is 0 Å². The second kappa shape index (κ2) is 4.07. The summed E-state index contributed by atoms with van der Waals surface area (Å²) in [5, 5.41) is 3.34. The van der Waals surface area contributed by atoms with E-state index < -0.39 is 8.32 Å². The number of carbonyl (C=O) groups excluding carboxylic acids is 1. The molecular weight excluding hydrogens is 242 g/mol. The van der Waals surface area contributed by atoms with Gasteiger partial charge in [0, 0.05) is 0 Å². The van der Waals surface area contributed by atoms with E-state index in [-0.39, 0.29) is 28.5 Å². The molecule has 0 aromatic rings. The van der Waals surface area contributed by atoms with Gasteiger partial charge >= 0.3 is 0 Å². The fourth-order valence-corrected chi connectivity index (χ4v) is 3.93. The molecule has 1 saturated heterocycles. The molecular formula is C14H27NO2Si. The zero-order valence-electron chi connectivity index (χ0n) is 12.6. The van der Waals surface area contributed by atoms with Gasteiger partial charge in [0.2, 0.25) is 5.91 Å². The van der Waals surface area contributed by atoms with E-state index in [1.54, 1.807) is 0 Å². The standard InChI is InChI=1S/C14H27NO2Si/c1-7-10-11(14(8-9-14)12(16)15-10)17-18(5,6)13(2,3)4/h10-11H,7-9H2,1-6H3,(H,15,16)/t10-,11+/m0/s1. The molecule has 0 bridgehead atoms. The molecule has 3 nitrogen and oxygen atoms in total. The molecule has 0 aromatic carbocycles. The third-order valence-electron chi connectivity index (χ3n) is 5.14. The van der Waals surface area contributed by atoms with Gasteiger partial charge in [-0.15, -0.1) is 0 Å². The van der Waals surface area contributed by atoms with Crippen LogP contribution in [0.3, 0.4) is 0 Å². The fourth-order valence-electron chi connectivity index (χ4n) is 2.55.